The molecule has 134 valence electrons. The van der Waals surface area contributed by atoms with Gasteiger partial charge in [0.05, 0.1) is 11.9 Å². The molecule has 0 aliphatic carbocycles. The number of anilines is 1. The average Bonchev–Trinajstić information content (AvgIpc) is 3.22. The Morgan fingerprint density at radius 3 is 2.77 bits per heavy atom. The molecule has 0 fully saturated rings. The lowest BCUT2D eigenvalue weighted by Crippen LogP contribution is -2.07. The zero-order chi connectivity index (χ0) is 18.7. The number of carbonyl (C=O) groups excluding carboxylic acids is 1. The summed E-state index contributed by atoms with van der Waals surface area (Å²) >= 11 is 1.48. The third-order valence-corrected chi connectivity index (χ3v) is 5.10. The Hall–Kier alpha value is -2.73. The van der Waals surface area contributed by atoms with E-state index in [1.165, 1.54) is 28.5 Å². The molecule has 0 atom stereocenters. The first-order valence-electron chi connectivity index (χ1n) is 8.53. The molecule has 1 N–H and O–H groups in total. The summed E-state index contributed by atoms with van der Waals surface area (Å²) in [5, 5.41) is 7.63. The molecule has 0 saturated carbocycles. The zero-order valence-corrected chi connectivity index (χ0v) is 16.2. The molecule has 0 aliphatic heterocycles. The van der Waals surface area contributed by atoms with Crippen molar-refractivity contribution in [2.45, 2.75) is 34.2 Å². The van der Waals surface area contributed by atoms with Crippen molar-refractivity contribution in [1.29, 1.82) is 0 Å². The number of nitrogens with zero attached hydrogens (tertiary/aromatic N) is 3. The van der Waals surface area contributed by atoms with Crippen LogP contribution < -0.4 is 5.32 Å². The number of carbonyl (C=O) groups is 1. The van der Waals surface area contributed by atoms with Gasteiger partial charge in [0.1, 0.15) is 0 Å². The molecule has 0 bridgehead atoms. The van der Waals surface area contributed by atoms with Crippen LogP contribution in [0.25, 0.3) is 17.3 Å². The van der Waals surface area contributed by atoms with Crippen LogP contribution in [0.15, 0.2) is 36.7 Å². The van der Waals surface area contributed by atoms with Crippen molar-refractivity contribution in [3.63, 3.8) is 0 Å². The van der Waals surface area contributed by atoms with E-state index < -0.39 is 0 Å². The molecule has 0 saturated heterocycles. The van der Waals surface area contributed by atoms with Gasteiger partial charge in [-0.05, 0) is 51.0 Å². The largest absolute Gasteiger partial charge is 0.298 e. The Morgan fingerprint density at radius 2 is 2.08 bits per heavy atom. The molecular weight excluding hydrogens is 344 g/mol. The summed E-state index contributed by atoms with van der Waals surface area (Å²) < 4.78 is 1.82. The van der Waals surface area contributed by atoms with Gasteiger partial charge in [-0.25, -0.2) is 4.98 Å². The van der Waals surface area contributed by atoms with E-state index in [1.807, 2.05) is 24.7 Å². The maximum absolute atomic E-state index is 12.2. The van der Waals surface area contributed by atoms with Crippen LogP contribution in [0.3, 0.4) is 0 Å². The summed E-state index contributed by atoms with van der Waals surface area (Å²) in [5.41, 5.74) is 5.38. The third-order valence-electron chi connectivity index (χ3n) is 4.21. The minimum atomic E-state index is -0.199. The molecule has 0 radical (unpaired) electrons. The van der Waals surface area contributed by atoms with Crippen LogP contribution in [-0.4, -0.2) is 20.7 Å². The Bertz CT molecular complexity index is 968. The standard InChI is InChI=1S/C20H22N4OS/c1-5-24-12-16(11-21-24)7-9-18(25)22-20-23-19(15(4)26-20)17-8-6-13(2)14(3)10-17/h6-12H,5H2,1-4H3,(H,22,23,25). The number of hydrogen-bond acceptors (Lipinski definition) is 4. The Balaban J connectivity index is 1.72. The molecule has 0 unspecified atom stereocenters. The van der Waals surface area contributed by atoms with E-state index in [9.17, 15) is 4.79 Å². The molecular formula is C20H22N4OS. The molecule has 6 heteroatoms. The Morgan fingerprint density at radius 1 is 1.27 bits per heavy atom. The maximum atomic E-state index is 12.2. The first-order valence-corrected chi connectivity index (χ1v) is 9.34. The third kappa shape index (κ3) is 4.08. The van der Waals surface area contributed by atoms with Crippen molar-refractivity contribution in [1.82, 2.24) is 14.8 Å². The van der Waals surface area contributed by atoms with E-state index in [4.69, 9.17) is 0 Å². The number of hydrogen-bond donors (Lipinski definition) is 1. The van der Waals surface area contributed by atoms with Gasteiger partial charge in [-0.3, -0.25) is 14.8 Å². The van der Waals surface area contributed by atoms with Crippen molar-refractivity contribution >= 4 is 28.5 Å². The van der Waals surface area contributed by atoms with Gasteiger partial charge in [0.2, 0.25) is 5.91 Å². The second-order valence-electron chi connectivity index (χ2n) is 6.17. The SMILES string of the molecule is CCn1cc(C=CC(=O)Nc2nc(-c3ccc(C)c(C)c3)c(C)s2)cn1. The Labute approximate surface area is 157 Å². The monoisotopic (exact) mass is 366 g/mol. The number of aromatic nitrogens is 3. The van der Waals surface area contributed by atoms with Gasteiger partial charge < -0.3 is 0 Å². The van der Waals surface area contributed by atoms with Crippen molar-refractivity contribution in [3.8, 4) is 11.3 Å². The van der Waals surface area contributed by atoms with Gasteiger partial charge in [0.15, 0.2) is 5.13 Å². The smallest absolute Gasteiger partial charge is 0.250 e. The van der Waals surface area contributed by atoms with Gasteiger partial charge in [-0.2, -0.15) is 5.10 Å². The predicted molar refractivity (Wildman–Crippen MR) is 107 cm³/mol. The summed E-state index contributed by atoms with van der Waals surface area (Å²) in [7, 11) is 0. The first-order chi connectivity index (χ1) is 12.5. The summed E-state index contributed by atoms with van der Waals surface area (Å²) in [5.74, 6) is -0.199. The van der Waals surface area contributed by atoms with E-state index >= 15 is 0 Å². The topological polar surface area (TPSA) is 59.8 Å². The van der Waals surface area contributed by atoms with Gasteiger partial charge >= 0.3 is 0 Å². The van der Waals surface area contributed by atoms with Crippen molar-refractivity contribution in [3.05, 3.63) is 58.2 Å². The van der Waals surface area contributed by atoms with Gasteiger partial charge in [-0.15, -0.1) is 11.3 Å². The van der Waals surface area contributed by atoms with Crippen LogP contribution in [0.2, 0.25) is 0 Å². The highest BCUT2D eigenvalue weighted by molar-refractivity contribution is 7.16. The molecule has 1 amide bonds. The molecule has 5 nitrogen and oxygen atoms in total. The number of benzene rings is 1. The minimum absolute atomic E-state index is 0.199. The highest BCUT2D eigenvalue weighted by atomic mass is 32.1. The van der Waals surface area contributed by atoms with Crippen LogP contribution in [-0.2, 0) is 11.3 Å². The molecule has 2 heterocycles. The molecule has 3 rings (SSSR count). The fourth-order valence-electron chi connectivity index (χ4n) is 2.56. The van der Waals surface area contributed by atoms with Crippen molar-refractivity contribution < 1.29 is 4.79 Å². The second-order valence-corrected chi connectivity index (χ2v) is 7.38. The summed E-state index contributed by atoms with van der Waals surface area (Å²) in [6.45, 7) is 9.03. The fourth-order valence-corrected chi connectivity index (χ4v) is 3.40. The van der Waals surface area contributed by atoms with Crippen LogP contribution in [0.1, 0.15) is 28.5 Å². The van der Waals surface area contributed by atoms with Crippen molar-refractivity contribution in [2.75, 3.05) is 5.32 Å². The lowest BCUT2D eigenvalue weighted by molar-refractivity contribution is -0.111. The molecule has 0 spiro atoms. The van der Waals surface area contributed by atoms with Crippen LogP contribution in [0.4, 0.5) is 5.13 Å². The molecule has 1 aromatic carbocycles. The number of aryl methyl sites for hydroxylation is 4. The lowest BCUT2D eigenvalue weighted by Gasteiger charge is -2.03. The fraction of sp³-hybridized carbons (Fsp3) is 0.250. The number of amides is 1. The van der Waals surface area contributed by atoms with E-state index in [0.717, 1.165) is 28.2 Å². The average molecular weight is 366 g/mol. The molecule has 3 aromatic rings. The maximum Gasteiger partial charge on any atom is 0.250 e. The first kappa shape index (κ1) is 18.1. The predicted octanol–water partition coefficient (Wildman–Crippen LogP) is 4.60. The normalized spacial score (nSPS) is 11.2. The highest BCUT2D eigenvalue weighted by Crippen LogP contribution is 2.31. The van der Waals surface area contributed by atoms with E-state index in [0.29, 0.717) is 5.13 Å². The molecule has 2 aromatic heterocycles. The quantitative estimate of drug-likeness (QED) is 0.671. The van der Waals surface area contributed by atoms with Gasteiger partial charge in [-0.1, -0.05) is 12.1 Å². The van der Waals surface area contributed by atoms with Crippen molar-refractivity contribution in [2.24, 2.45) is 0 Å². The minimum Gasteiger partial charge on any atom is -0.298 e. The van der Waals surface area contributed by atoms with Crippen LogP contribution in [0, 0.1) is 20.8 Å². The van der Waals surface area contributed by atoms with E-state index in [1.54, 1.807) is 12.3 Å². The van der Waals surface area contributed by atoms with Crippen LogP contribution >= 0.6 is 11.3 Å². The zero-order valence-electron chi connectivity index (χ0n) is 15.4. The highest BCUT2D eigenvalue weighted by Gasteiger charge is 2.11. The summed E-state index contributed by atoms with van der Waals surface area (Å²) in [6, 6.07) is 6.30. The number of nitrogens with one attached hydrogen (secondary N) is 1. The van der Waals surface area contributed by atoms with E-state index in [-0.39, 0.29) is 5.91 Å². The summed E-state index contributed by atoms with van der Waals surface area (Å²) in [4.78, 5) is 17.8. The van der Waals surface area contributed by atoms with Crippen LogP contribution in [0.5, 0.6) is 0 Å². The second kappa shape index (κ2) is 7.66. The van der Waals surface area contributed by atoms with Gasteiger partial charge in [0.25, 0.3) is 0 Å². The number of rotatable bonds is 5. The summed E-state index contributed by atoms with van der Waals surface area (Å²) in [6.07, 6.45) is 6.89. The molecule has 26 heavy (non-hydrogen) atoms. The van der Waals surface area contributed by atoms with E-state index in [2.05, 4.69) is 47.4 Å². The Kier molecular flexibility index (Phi) is 5.32. The lowest BCUT2D eigenvalue weighted by atomic mass is 10.0. The molecule has 0 aliphatic rings. The van der Waals surface area contributed by atoms with Gasteiger partial charge in [0, 0.05) is 34.8 Å². The number of thiazole rings is 1.